The highest BCUT2D eigenvalue weighted by Gasteiger charge is 2.36. The highest BCUT2D eigenvalue weighted by molar-refractivity contribution is 6.43. The Morgan fingerprint density at radius 3 is 2.22 bits per heavy atom. The lowest BCUT2D eigenvalue weighted by Gasteiger charge is -2.11. The topological polar surface area (TPSA) is 26.3 Å². The van der Waals surface area contributed by atoms with Crippen molar-refractivity contribution >= 4 is 40.8 Å². The summed E-state index contributed by atoms with van der Waals surface area (Å²) < 4.78 is 56.6. The molecule has 2 aromatic carbocycles. The number of ether oxygens (including phenoxy) is 1. The maximum absolute atomic E-state index is 13.9. The fraction of sp³-hybridized carbons (Fsp3) is 0.0714. The largest absolute Gasteiger partial charge is 0.421 e. The van der Waals surface area contributed by atoms with Crippen LogP contribution < -0.4 is 4.74 Å². The van der Waals surface area contributed by atoms with Crippen LogP contribution in [0.15, 0.2) is 30.3 Å². The fourth-order valence-corrected chi connectivity index (χ4v) is 2.22. The number of halogens is 7. The second-order valence-corrected chi connectivity index (χ2v) is 5.47. The Labute approximate surface area is 142 Å². The van der Waals surface area contributed by atoms with Gasteiger partial charge in [-0.3, -0.25) is 0 Å². The van der Waals surface area contributed by atoms with Gasteiger partial charge >= 0.3 is 12.1 Å². The summed E-state index contributed by atoms with van der Waals surface area (Å²) in [7, 11) is 0. The van der Waals surface area contributed by atoms with Crippen LogP contribution in [0.1, 0.15) is 15.9 Å². The Kier molecular flexibility index (Phi) is 5.08. The molecular weight excluding hydrogens is 383 g/mol. The first-order valence-corrected chi connectivity index (χ1v) is 6.97. The molecule has 0 N–H and O–H groups in total. The van der Waals surface area contributed by atoms with Crippen LogP contribution in [0.4, 0.5) is 17.6 Å². The number of alkyl halides is 3. The smallest absolute Gasteiger partial charge is 0.419 e. The molecule has 0 radical (unpaired) electrons. The number of esters is 1. The second-order valence-electron chi connectivity index (χ2n) is 4.25. The summed E-state index contributed by atoms with van der Waals surface area (Å²) in [5.41, 5.74) is -2.46. The van der Waals surface area contributed by atoms with Crippen molar-refractivity contribution in [3.05, 3.63) is 62.3 Å². The molecule has 122 valence electrons. The predicted octanol–water partition coefficient (Wildman–Crippen LogP) is 6.02. The van der Waals surface area contributed by atoms with Gasteiger partial charge in [0.1, 0.15) is 5.82 Å². The molecule has 0 aliphatic rings. The zero-order valence-electron chi connectivity index (χ0n) is 10.8. The molecule has 0 fully saturated rings. The van der Waals surface area contributed by atoms with Gasteiger partial charge in [0.05, 0.1) is 26.2 Å². The third-order valence-corrected chi connectivity index (χ3v) is 3.72. The zero-order chi connectivity index (χ0) is 17.4. The van der Waals surface area contributed by atoms with Gasteiger partial charge in [0.2, 0.25) is 0 Å². The van der Waals surface area contributed by atoms with Gasteiger partial charge in [0, 0.05) is 6.07 Å². The molecule has 2 nitrogen and oxygen atoms in total. The highest BCUT2D eigenvalue weighted by Crippen LogP contribution is 2.35. The van der Waals surface area contributed by atoms with E-state index < -0.39 is 29.1 Å². The van der Waals surface area contributed by atoms with E-state index in [1.54, 1.807) is 0 Å². The summed E-state index contributed by atoms with van der Waals surface area (Å²) in [5, 5.41) is -0.0229. The van der Waals surface area contributed by atoms with Gasteiger partial charge in [-0.1, -0.05) is 40.9 Å². The zero-order valence-corrected chi connectivity index (χ0v) is 13.1. The van der Waals surface area contributed by atoms with Gasteiger partial charge in [0.25, 0.3) is 0 Å². The minimum atomic E-state index is -4.94. The number of carbonyl (C=O) groups excluding carboxylic acids is 1. The van der Waals surface area contributed by atoms with E-state index in [0.29, 0.717) is 6.07 Å². The van der Waals surface area contributed by atoms with Crippen LogP contribution in [0.5, 0.6) is 5.75 Å². The molecule has 0 unspecified atom stereocenters. The molecule has 0 aliphatic heterocycles. The normalized spacial score (nSPS) is 11.4. The van der Waals surface area contributed by atoms with Crippen molar-refractivity contribution in [2.75, 3.05) is 0 Å². The Morgan fingerprint density at radius 2 is 1.61 bits per heavy atom. The fourth-order valence-electron chi connectivity index (χ4n) is 1.65. The van der Waals surface area contributed by atoms with E-state index in [1.165, 1.54) is 6.07 Å². The summed E-state index contributed by atoms with van der Waals surface area (Å²) in [6.45, 7) is 0. The average Bonchev–Trinajstić information content (AvgIpc) is 2.43. The average molecular weight is 388 g/mol. The van der Waals surface area contributed by atoms with Crippen LogP contribution in [0.3, 0.4) is 0 Å². The third-order valence-electron chi connectivity index (χ3n) is 2.70. The number of hydrogen-bond donors (Lipinski definition) is 0. The lowest BCUT2D eigenvalue weighted by molar-refractivity contribution is -0.140. The summed E-state index contributed by atoms with van der Waals surface area (Å²) in [5.74, 6) is -3.35. The van der Waals surface area contributed by atoms with E-state index in [9.17, 15) is 22.4 Å². The molecule has 0 amide bonds. The quantitative estimate of drug-likeness (QED) is 0.272. The first-order valence-electron chi connectivity index (χ1n) is 5.83. The number of hydrogen-bond acceptors (Lipinski definition) is 2. The van der Waals surface area contributed by atoms with E-state index in [2.05, 4.69) is 0 Å². The van der Waals surface area contributed by atoms with E-state index in [0.717, 1.165) is 18.2 Å². The van der Waals surface area contributed by atoms with Crippen molar-refractivity contribution < 1.29 is 27.1 Å². The summed E-state index contributed by atoms with van der Waals surface area (Å²) >= 11 is 17.2. The van der Waals surface area contributed by atoms with Gasteiger partial charge in [-0.2, -0.15) is 13.2 Å². The van der Waals surface area contributed by atoms with Gasteiger partial charge in [-0.05, 0) is 18.2 Å². The Morgan fingerprint density at radius 1 is 1.00 bits per heavy atom. The maximum atomic E-state index is 13.9. The summed E-state index contributed by atoms with van der Waals surface area (Å²) in [6, 6.07) is 4.53. The number of carbonyl (C=O) groups is 1. The van der Waals surface area contributed by atoms with Gasteiger partial charge < -0.3 is 4.74 Å². The molecule has 0 heterocycles. The number of benzene rings is 2. The first-order chi connectivity index (χ1) is 10.6. The van der Waals surface area contributed by atoms with Crippen molar-refractivity contribution in [2.45, 2.75) is 6.18 Å². The Balaban J connectivity index is 2.38. The molecule has 0 spiro atoms. The predicted molar refractivity (Wildman–Crippen MR) is 77.8 cm³/mol. The lowest BCUT2D eigenvalue weighted by Crippen LogP contribution is -2.16. The van der Waals surface area contributed by atoms with Crippen LogP contribution in [0.2, 0.25) is 15.1 Å². The van der Waals surface area contributed by atoms with Gasteiger partial charge in [-0.15, -0.1) is 0 Å². The van der Waals surface area contributed by atoms with Crippen molar-refractivity contribution in [1.29, 1.82) is 0 Å². The van der Waals surface area contributed by atoms with Crippen LogP contribution in [0, 0.1) is 5.82 Å². The van der Waals surface area contributed by atoms with E-state index >= 15 is 0 Å². The third kappa shape index (κ3) is 3.88. The minimum absolute atomic E-state index is 0.00313. The summed E-state index contributed by atoms with van der Waals surface area (Å²) in [4.78, 5) is 11.9. The van der Waals surface area contributed by atoms with Crippen LogP contribution in [0.25, 0.3) is 0 Å². The van der Waals surface area contributed by atoms with E-state index in [1.807, 2.05) is 0 Å². The maximum Gasteiger partial charge on any atom is 0.419 e. The molecule has 0 bridgehead atoms. The van der Waals surface area contributed by atoms with Crippen molar-refractivity contribution in [2.24, 2.45) is 0 Å². The van der Waals surface area contributed by atoms with E-state index in [-0.39, 0.29) is 20.8 Å². The summed E-state index contributed by atoms with van der Waals surface area (Å²) in [6.07, 6.45) is -4.94. The van der Waals surface area contributed by atoms with Gasteiger partial charge in [0.15, 0.2) is 5.75 Å². The minimum Gasteiger partial charge on any atom is -0.421 e. The highest BCUT2D eigenvalue weighted by atomic mass is 35.5. The van der Waals surface area contributed by atoms with Crippen LogP contribution in [-0.4, -0.2) is 5.97 Å². The second kappa shape index (κ2) is 6.55. The molecule has 2 aromatic rings. The van der Waals surface area contributed by atoms with Crippen LogP contribution >= 0.6 is 34.8 Å². The molecule has 9 heteroatoms. The molecule has 23 heavy (non-hydrogen) atoms. The monoisotopic (exact) mass is 386 g/mol. The molecule has 0 aromatic heterocycles. The molecule has 0 saturated heterocycles. The van der Waals surface area contributed by atoms with Crippen molar-refractivity contribution in [3.63, 3.8) is 0 Å². The van der Waals surface area contributed by atoms with Crippen LogP contribution in [-0.2, 0) is 6.18 Å². The van der Waals surface area contributed by atoms with Gasteiger partial charge in [-0.25, -0.2) is 9.18 Å². The van der Waals surface area contributed by atoms with Crippen molar-refractivity contribution in [3.8, 4) is 5.75 Å². The van der Waals surface area contributed by atoms with Crippen molar-refractivity contribution in [1.82, 2.24) is 0 Å². The molecule has 0 saturated carbocycles. The molecule has 0 atom stereocenters. The Hall–Kier alpha value is -1.50. The molecule has 0 aliphatic carbocycles. The molecule has 2 rings (SSSR count). The lowest BCUT2D eigenvalue weighted by atomic mass is 10.1. The van der Waals surface area contributed by atoms with E-state index in [4.69, 9.17) is 39.5 Å². The first kappa shape index (κ1) is 17.8. The Bertz CT molecular complexity index is 775. The number of rotatable bonds is 2. The SMILES string of the molecule is O=C(Oc1cc(Cl)c(Cl)cc1Cl)c1cccc(C(F)(F)F)c1F. The standard InChI is InChI=1S/C14H5Cl3F4O2/c15-8-4-10(17)11(5-9(8)16)23-13(22)6-2-1-3-7(12(6)18)14(19,20)21/h1-5H. The molecular formula is C14H5Cl3F4O2.